The summed E-state index contributed by atoms with van der Waals surface area (Å²) in [5, 5.41) is 7.35. The zero-order valence-electron chi connectivity index (χ0n) is 14.4. The molecule has 134 valence electrons. The van der Waals surface area contributed by atoms with Crippen LogP contribution in [0.4, 0.5) is 5.69 Å². The number of halogens is 1. The average molecular weight is 364 g/mol. The molecule has 1 aliphatic rings. The molecule has 1 aliphatic heterocycles. The summed E-state index contributed by atoms with van der Waals surface area (Å²) in [5.74, 6) is 0.618. The monoisotopic (exact) mass is 363 g/mol. The molecule has 0 radical (unpaired) electrons. The van der Waals surface area contributed by atoms with Crippen molar-refractivity contribution >= 4 is 23.2 Å². The summed E-state index contributed by atoms with van der Waals surface area (Å²) in [4.78, 5) is 14.5. The molecular weight excluding hydrogens is 342 g/mol. The normalized spacial score (nSPS) is 16.9. The molecule has 0 saturated carbocycles. The fourth-order valence-electron chi connectivity index (χ4n) is 3.05. The molecule has 1 fully saturated rings. The zero-order chi connectivity index (χ0) is 17.8. The number of aryl methyl sites for hydroxylation is 1. The van der Waals surface area contributed by atoms with Gasteiger partial charge in [-0.1, -0.05) is 17.7 Å². The number of benzene rings is 1. The van der Waals surface area contributed by atoms with E-state index in [0.29, 0.717) is 24.9 Å². The number of anilines is 1. The number of nitrogens with zero attached hydrogens (tertiary/aromatic N) is 2. The maximum atomic E-state index is 12.1. The summed E-state index contributed by atoms with van der Waals surface area (Å²) in [6.45, 7) is 6.86. The van der Waals surface area contributed by atoms with E-state index in [1.807, 2.05) is 25.1 Å². The van der Waals surface area contributed by atoms with Gasteiger partial charge in [0, 0.05) is 30.3 Å². The van der Waals surface area contributed by atoms with Crippen LogP contribution in [-0.4, -0.2) is 37.3 Å². The first-order valence-corrected chi connectivity index (χ1v) is 8.83. The third-order valence-electron chi connectivity index (χ3n) is 4.35. The van der Waals surface area contributed by atoms with E-state index in [-0.39, 0.29) is 11.7 Å². The van der Waals surface area contributed by atoms with Crippen LogP contribution in [0.15, 0.2) is 28.8 Å². The Bertz CT molecular complexity index is 747. The molecule has 7 heteroatoms. The smallest absolute Gasteiger partial charge is 0.290 e. The van der Waals surface area contributed by atoms with E-state index >= 15 is 0 Å². The topological polar surface area (TPSA) is 67.6 Å². The Labute approximate surface area is 152 Å². The van der Waals surface area contributed by atoms with Crippen LogP contribution in [0.1, 0.15) is 29.5 Å². The van der Waals surface area contributed by atoms with Crippen LogP contribution in [0, 0.1) is 12.8 Å². The predicted molar refractivity (Wildman–Crippen MR) is 96.5 cm³/mol. The Hall–Kier alpha value is -2.21. The summed E-state index contributed by atoms with van der Waals surface area (Å²) in [6.07, 6.45) is 1.02. The molecule has 25 heavy (non-hydrogen) atoms. The number of carbonyl (C=O) groups excluding carboxylic acids is 1. The highest BCUT2D eigenvalue weighted by Crippen LogP contribution is 2.29. The zero-order valence-corrected chi connectivity index (χ0v) is 15.2. The second-order valence-electron chi connectivity index (χ2n) is 6.20. The number of rotatable bonds is 6. The molecule has 0 aliphatic carbocycles. The van der Waals surface area contributed by atoms with Gasteiger partial charge in [-0.3, -0.25) is 4.79 Å². The van der Waals surface area contributed by atoms with E-state index in [9.17, 15) is 4.79 Å². The minimum Gasteiger partial charge on any atom is -0.476 e. The molecule has 1 amide bonds. The quantitative estimate of drug-likeness (QED) is 0.853. The van der Waals surface area contributed by atoms with Crippen molar-refractivity contribution in [2.45, 2.75) is 20.3 Å². The van der Waals surface area contributed by atoms with Gasteiger partial charge in [-0.2, -0.15) is 0 Å². The standard InChI is InChI=1S/C18H22ClN3O3/c1-3-24-17-9-16(25-21-17)18(23)20-10-13-6-7-22(11-13)15-8-14(19)5-4-12(15)2/h4-5,8-9,13H,3,6-7,10-11H2,1-2H3,(H,20,23). The van der Waals surface area contributed by atoms with Crippen LogP contribution in [0.2, 0.25) is 5.02 Å². The van der Waals surface area contributed by atoms with Gasteiger partial charge in [0.15, 0.2) is 0 Å². The third kappa shape index (κ3) is 4.25. The highest BCUT2D eigenvalue weighted by atomic mass is 35.5. The third-order valence-corrected chi connectivity index (χ3v) is 4.59. The molecule has 3 rings (SSSR count). The molecule has 1 atom stereocenters. The summed E-state index contributed by atoms with van der Waals surface area (Å²) >= 11 is 6.12. The Morgan fingerprint density at radius 3 is 3.12 bits per heavy atom. The van der Waals surface area contributed by atoms with Crippen LogP contribution in [0.5, 0.6) is 5.88 Å². The second kappa shape index (κ2) is 7.78. The number of amides is 1. The van der Waals surface area contributed by atoms with Crippen molar-refractivity contribution in [1.82, 2.24) is 10.5 Å². The summed E-state index contributed by atoms with van der Waals surface area (Å²) in [6, 6.07) is 7.45. The van der Waals surface area contributed by atoms with Crippen LogP contribution < -0.4 is 15.0 Å². The van der Waals surface area contributed by atoms with Gasteiger partial charge in [-0.25, -0.2) is 0 Å². The second-order valence-corrected chi connectivity index (χ2v) is 6.64. The minimum atomic E-state index is -0.268. The van der Waals surface area contributed by atoms with Crippen molar-refractivity contribution in [3.05, 3.63) is 40.6 Å². The molecule has 1 aromatic carbocycles. The highest BCUT2D eigenvalue weighted by Gasteiger charge is 2.25. The van der Waals surface area contributed by atoms with E-state index in [2.05, 4.69) is 22.3 Å². The van der Waals surface area contributed by atoms with Crippen LogP contribution >= 0.6 is 11.6 Å². The summed E-state index contributed by atoms with van der Waals surface area (Å²) in [7, 11) is 0. The first kappa shape index (κ1) is 17.6. The molecular formula is C18H22ClN3O3. The van der Waals surface area contributed by atoms with Gasteiger partial charge in [0.25, 0.3) is 11.8 Å². The molecule has 2 aromatic rings. The maximum absolute atomic E-state index is 12.1. The lowest BCUT2D eigenvalue weighted by molar-refractivity contribution is 0.0911. The molecule has 1 N–H and O–H groups in total. The first-order valence-electron chi connectivity index (χ1n) is 8.45. The van der Waals surface area contributed by atoms with Gasteiger partial charge in [0.1, 0.15) is 0 Å². The highest BCUT2D eigenvalue weighted by molar-refractivity contribution is 6.30. The molecule has 1 saturated heterocycles. The maximum Gasteiger partial charge on any atom is 0.290 e. The number of aromatic nitrogens is 1. The number of carbonyl (C=O) groups is 1. The lowest BCUT2D eigenvalue weighted by Gasteiger charge is -2.21. The van der Waals surface area contributed by atoms with Crippen molar-refractivity contribution < 1.29 is 14.1 Å². The average Bonchev–Trinajstić information content (AvgIpc) is 3.25. The summed E-state index contributed by atoms with van der Waals surface area (Å²) < 4.78 is 10.2. The molecule has 1 unspecified atom stereocenters. The predicted octanol–water partition coefficient (Wildman–Crippen LogP) is 3.29. The molecule has 6 nitrogen and oxygen atoms in total. The van der Waals surface area contributed by atoms with E-state index in [1.54, 1.807) is 0 Å². The SMILES string of the molecule is CCOc1cc(C(=O)NCC2CCN(c3cc(Cl)ccc3C)C2)on1. The van der Waals surface area contributed by atoms with E-state index in [4.69, 9.17) is 20.9 Å². The molecule has 0 bridgehead atoms. The van der Waals surface area contributed by atoms with Crippen molar-refractivity contribution in [1.29, 1.82) is 0 Å². The van der Waals surface area contributed by atoms with Gasteiger partial charge < -0.3 is 19.5 Å². The van der Waals surface area contributed by atoms with Crippen LogP contribution in [0.3, 0.4) is 0 Å². The Balaban J connectivity index is 1.53. The van der Waals surface area contributed by atoms with Crippen LogP contribution in [-0.2, 0) is 0 Å². The molecule has 0 spiro atoms. The van der Waals surface area contributed by atoms with Crippen molar-refractivity contribution in [3.8, 4) is 5.88 Å². The van der Waals surface area contributed by atoms with E-state index in [1.165, 1.54) is 11.6 Å². The largest absolute Gasteiger partial charge is 0.476 e. The Morgan fingerprint density at radius 2 is 2.32 bits per heavy atom. The van der Waals surface area contributed by atoms with Gasteiger partial charge in [-0.15, -0.1) is 0 Å². The van der Waals surface area contributed by atoms with E-state index < -0.39 is 0 Å². The number of nitrogens with one attached hydrogen (secondary N) is 1. The van der Waals surface area contributed by atoms with Crippen LogP contribution in [0.25, 0.3) is 0 Å². The number of hydrogen-bond donors (Lipinski definition) is 1. The van der Waals surface area contributed by atoms with Crippen molar-refractivity contribution in [2.75, 3.05) is 31.1 Å². The van der Waals surface area contributed by atoms with Gasteiger partial charge in [0.2, 0.25) is 5.76 Å². The molecule has 1 aromatic heterocycles. The Morgan fingerprint density at radius 1 is 1.48 bits per heavy atom. The number of hydrogen-bond acceptors (Lipinski definition) is 5. The van der Waals surface area contributed by atoms with Crippen molar-refractivity contribution in [2.24, 2.45) is 5.92 Å². The Kier molecular flexibility index (Phi) is 5.48. The number of ether oxygens (including phenoxy) is 1. The molecule has 2 heterocycles. The fourth-order valence-corrected chi connectivity index (χ4v) is 3.21. The first-order chi connectivity index (χ1) is 12.1. The fraction of sp³-hybridized carbons (Fsp3) is 0.444. The van der Waals surface area contributed by atoms with Gasteiger partial charge >= 0.3 is 0 Å². The summed E-state index contributed by atoms with van der Waals surface area (Å²) in [5.41, 5.74) is 2.37. The van der Waals surface area contributed by atoms with Crippen molar-refractivity contribution in [3.63, 3.8) is 0 Å². The van der Waals surface area contributed by atoms with Gasteiger partial charge in [-0.05, 0) is 49.0 Å². The lowest BCUT2D eigenvalue weighted by atomic mass is 10.1. The van der Waals surface area contributed by atoms with Gasteiger partial charge in [0.05, 0.1) is 12.7 Å². The van der Waals surface area contributed by atoms with E-state index in [0.717, 1.165) is 30.2 Å². The lowest BCUT2D eigenvalue weighted by Crippen LogP contribution is -2.30. The minimum absolute atomic E-state index is 0.170.